The van der Waals surface area contributed by atoms with Gasteiger partial charge in [-0.3, -0.25) is 4.68 Å². The van der Waals surface area contributed by atoms with Crippen LogP contribution in [0.3, 0.4) is 0 Å². The topological polar surface area (TPSA) is 73.6 Å². The van der Waals surface area contributed by atoms with Crippen molar-refractivity contribution in [2.24, 2.45) is 7.05 Å². The molecule has 6 heteroatoms. The molecule has 1 heterocycles. The maximum absolute atomic E-state index is 11.5. The van der Waals surface area contributed by atoms with Gasteiger partial charge >= 0.3 is 5.97 Å². The summed E-state index contributed by atoms with van der Waals surface area (Å²) in [4.78, 5) is 11.5. The molecule has 1 N–H and O–H groups in total. The van der Waals surface area contributed by atoms with Gasteiger partial charge in [0, 0.05) is 23.6 Å². The quantitative estimate of drug-likeness (QED) is 0.802. The summed E-state index contributed by atoms with van der Waals surface area (Å²) >= 11 is 0. The van der Waals surface area contributed by atoms with E-state index in [9.17, 15) is 9.90 Å². The molecule has 0 fully saturated rings. The van der Waals surface area contributed by atoms with Crippen molar-refractivity contribution in [2.75, 3.05) is 14.2 Å². The number of rotatable bonds is 4. The minimum Gasteiger partial charge on any atom is -0.497 e. The van der Waals surface area contributed by atoms with Crippen LogP contribution in [0.25, 0.3) is 22.0 Å². The molecule has 0 aliphatic carbocycles. The number of hydrogen-bond donors (Lipinski definition) is 1. The molecule has 6 nitrogen and oxygen atoms in total. The van der Waals surface area contributed by atoms with Gasteiger partial charge in [0.15, 0.2) is 5.69 Å². The first kappa shape index (κ1) is 14.9. The maximum atomic E-state index is 11.5. The second-order valence-electron chi connectivity index (χ2n) is 5.05. The van der Waals surface area contributed by atoms with Gasteiger partial charge in [-0.15, -0.1) is 0 Å². The van der Waals surface area contributed by atoms with E-state index in [1.807, 2.05) is 30.3 Å². The van der Waals surface area contributed by atoms with Crippen LogP contribution in [0.4, 0.5) is 0 Å². The van der Waals surface area contributed by atoms with E-state index in [2.05, 4.69) is 5.10 Å². The molecule has 0 unspecified atom stereocenters. The Morgan fingerprint density at radius 2 is 1.91 bits per heavy atom. The number of carboxylic acid groups (broad SMARTS) is 1. The van der Waals surface area contributed by atoms with Crippen LogP contribution in [-0.4, -0.2) is 35.1 Å². The molecule has 0 radical (unpaired) electrons. The summed E-state index contributed by atoms with van der Waals surface area (Å²) in [6, 6.07) is 10.9. The van der Waals surface area contributed by atoms with Crippen LogP contribution in [0.2, 0.25) is 0 Å². The highest BCUT2D eigenvalue weighted by Crippen LogP contribution is 2.37. The van der Waals surface area contributed by atoms with Gasteiger partial charge in [-0.1, -0.05) is 18.2 Å². The molecule has 0 bridgehead atoms. The Labute approximate surface area is 132 Å². The van der Waals surface area contributed by atoms with Crippen molar-refractivity contribution in [1.82, 2.24) is 9.78 Å². The Morgan fingerprint density at radius 3 is 2.57 bits per heavy atom. The minimum absolute atomic E-state index is 0.156. The minimum atomic E-state index is -1.01. The molecule has 2 aromatic carbocycles. The zero-order valence-corrected chi connectivity index (χ0v) is 13.0. The smallest absolute Gasteiger partial charge is 0.354 e. The van der Waals surface area contributed by atoms with Crippen LogP contribution in [0.5, 0.6) is 11.5 Å². The number of carbonyl (C=O) groups is 1. The highest BCUT2D eigenvalue weighted by molar-refractivity contribution is 6.06. The number of aryl methyl sites for hydroxylation is 1. The van der Waals surface area contributed by atoms with Gasteiger partial charge < -0.3 is 14.6 Å². The first-order valence-corrected chi connectivity index (χ1v) is 6.98. The number of methoxy groups -OCH3 is 2. The van der Waals surface area contributed by atoms with Crippen LogP contribution in [0.1, 0.15) is 10.5 Å². The zero-order valence-electron chi connectivity index (χ0n) is 13.0. The lowest BCUT2D eigenvalue weighted by atomic mass is 10.0. The third-order valence-corrected chi connectivity index (χ3v) is 3.76. The van der Waals surface area contributed by atoms with Crippen LogP contribution >= 0.6 is 0 Å². The van der Waals surface area contributed by atoms with Gasteiger partial charge in [0.2, 0.25) is 0 Å². The SMILES string of the molecule is COc1ccc(OC)c(-c2cccc3c(C(=O)O)n(C)nc23)c1. The Hall–Kier alpha value is -3.02. The Morgan fingerprint density at radius 1 is 1.13 bits per heavy atom. The number of nitrogens with zero attached hydrogens (tertiary/aromatic N) is 2. The molecule has 0 amide bonds. The van der Waals surface area contributed by atoms with E-state index in [0.29, 0.717) is 22.4 Å². The molecule has 0 saturated carbocycles. The Balaban J connectivity index is 2.33. The van der Waals surface area contributed by atoms with E-state index >= 15 is 0 Å². The van der Waals surface area contributed by atoms with Crippen LogP contribution < -0.4 is 9.47 Å². The molecule has 118 valence electrons. The lowest BCUT2D eigenvalue weighted by Gasteiger charge is -2.11. The fraction of sp³-hybridized carbons (Fsp3) is 0.176. The molecular formula is C17H16N2O4. The molecule has 0 atom stereocenters. The number of fused-ring (bicyclic) bond motifs is 1. The molecule has 0 aliphatic heterocycles. The summed E-state index contributed by atoms with van der Waals surface area (Å²) < 4.78 is 12.1. The highest BCUT2D eigenvalue weighted by Gasteiger charge is 2.19. The first-order chi connectivity index (χ1) is 11.1. The molecule has 1 aromatic heterocycles. The largest absolute Gasteiger partial charge is 0.497 e. The van der Waals surface area contributed by atoms with Gasteiger partial charge in [0.05, 0.1) is 14.2 Å². The second-order valence-corrected chi connectivity index (χ2v) is 5.05. The number of carboxylic acids is 1. The van der Waals surface area contributed by atoms with E-state index in [1.54, 1.807) is 27.3 Å². The zero-order chi connectivity index (χ0) is 16.6. The third kappa shape index (κ3) is 2.38. The lowest BCUT2D eigenvalue weighted by molar-refractivity contribution is 0.0687. The average Bonchev–Trinajstić information content (AvgIpc) is 2.90. The van der Waals surface area contributed by atoms with E-state index in [1.165, 1.54) is 4.68 Å². The van der Waals surface area contributed by atoms with Crippen molar-refractivity contribution in [1.29, 1.82) is 0 Å². The van der Waals surface area contributed by atoms with Crippen LogP contribution in [-0.2, 0) is 7.05 Å². The third-order valence-electron chi connectivity index (χ3n) is 3.76. The number of aromatic nitrogens is 2. The predicted octanol–water partition coefficient (Wildman–Crippen LogP) is 2.96. The van der Waals surface area contributed by atoms with Crippen molar-refractivity contribution < 1.29 is 19.4 Å². The molecule has 3 aromatic rings. The average molecular weight is 312 g/mol. The Kier molecular flexibility index (Phi) is 3.65. The van der Waals surface area contributed by atoms with Crippen LogP contribution in [0.15, 0.2) is 36.4 Å². The number of benzene rings is 2. The summed E-state index contributed by atoms with van der Waals surface area (Å²) in [6.07, 6.45) is 0. The van der Waals surface area contributed by atoms with Crippen molar-refractivity contribution in [3.63, 3.8) is 0 Å². The molecule has 0 aliphatic rings. The summed E-state index contributed by atoms with van der Waals surface area (Å²) in [5.41, 5.74) is 2.36. The van der Waals surface area contributed by atoms with Gasteiger partial charge in [0.1, 0.15) is 17.0 Å². The highest BCUT2D eigenvalue weighted by atomic mass is 16.5. The lowest BCUT2D eigenvalue weighted by Crippen LogP contribution is -2.05. The van der Waals surface area contributed by atoms with Crippen molar-refractivity contribution in [3.05, 3.63) is 42.1 Å². The van der Waals surface area contributed by atoms with E-state index < -0.39 is 5.97 Å². The molecule has 0 saturated heterocycles. The summed E-state index contributed by atoms with van der Waals surface area (Å²) in [7, 11) is 4.80. The van der Waals surface area contributed by atoms with E-state index in [0.717, 1.165) is 11.1 Å². The standard InChI is InChI=1S/C17H16N2O4/c1-19-16(17(20)21)12-6-4-5-11(15(12)18-19)13-9-10(22-2)7-8-14(13)23-3/h4-9H,1-3H3,(H,20,21). The molecular weight excluding hydrogens is 296 g/mol. The van der Waals surface area contributed by atoms with Gasteiger partial charge in [0.25, 0.3) is 0 Å². The molecule has 0 spiro atoms. The summed E-state index contributed by atoms with van der Waals surface area (Å²) in [5, 5.41) is 14.4. The number of aromatic carboxylic acids is 1. The molecule has 23 heavy (non-hydrogen) atoms. The summed E-state index contributed by atoms with van der Waals surface area (Å²) in [5.74, 6) is 0.345. The Bertz CT molecular complexity index is 899. The number of hydrogen-bond acceptors (Lipinski definition) is 4. The van der Waals surface area contributed by atoms with Crippen LogP contribution in [0, 0.1) is 0 Å². The van der Waals surface area contributed by atoms with Crippen molar-refractivity contribution in [3.8, 4) is 22.6 Å². The van der Waals surface area contributed by atoms with E-state index in [4.69, 9.17) is 9.47 Å². The van der Waals surface area contributed by atoms with Crippen molar-refractivity contribution in [2.45, 2.75) is 0 Å². The normalized spacial score (nSPS) is 10.7. The van der Waals surface area contributed by atoms with Gasteiger partial charge in [-0.2, -0.15) is 5.10 Å². The fourth-order valence-corrected chi connectivity index (χ4v) is 2.71. The monoisotopic (exact) mass is 312 g/mol. The fourth-order valence-electron chi connectivity index (χ4n) is 2.71. The van der Waals surface area contributed by atoms with E-state index in [-0.39, 0.29) is 5.69 Å². The van der Waals surface area contributed by atoms with Crippen molar-refractivity contribution >= 4 is 16.9 Å². The first-order valence-electron chi connectivity index (χ1n) is 6.98. The maximum Gasteiger partial charge on any atom is 0.354 e. The predicted molar refractivity (Wildman–Crippen MR) is 86.2 cm³/mol. The number of ether oxygens (including phenoxy) is 2. The van der Waals surface area contributed by atoms with Gasteiger partial charge in [-0.25, -0.2) is 4.79 Å². The molecule has 3 rings (SSSR count). The van der Waals surface area contributed by atoms with Gasteiger partial charge in [-0.05, 0) is 18.2 Å². The second kappa shape index (κ2) is 5.64. The summed E-state index contributed by atoms with van der Waals surface area (Å²) in [6.45, 7) is 0.